The first-order chi connectivity index (χ1) is 6.83. The summed E-state index contributed by atoms with van der Waals surface area (Å²) in [5.74, 6) is 0.881. The number of hydrogen-bond donors (Lipinski definition) is 1. The van der Waals surface area contributed by atoms with Crippen LogP contribution in [0.15, 0.2) is 0 Å². The zero-order valence-electron chi connectivity index (χ0n) is 9.89. The summed E-state index contributed by atoms with van der Waals surface area (Å²) in [6, 6.07) is 0. The lowest BCUT2D eigenvalue weighted by atomic mass is 9.98. The van der Waals surface area contributed by atoms with E-state index in [-0.39, 0.29) is 0 Å². The standard InChI is InChI=1S/C12H26N2/c1-3-9-14(2)11-12-7-5-4-6-8-13-10-12/h12-13H,3-11H2,1-2H3. The first-order valence-corrected chi connectivity index (χ1v) is 6.22. The van der Waals surface area contributed by atoms with Crippen LogP contribution in [-0.4, -0.2) is 38.1 Å². The van der Waals surface area contributed by atoms with Gasteiger partial charge in [-0.3, -0.25) is 0 Å². The first kappa shape index (κ1) is 12.0. The van der Waals surface area contributed by atoms with Crippen molar-refractivity contribution in [2.45, 2.75) is 39.0 Å². The molecule has 0 aromatic carbocycles. The van der Waals surface area contributed by atoms with Crippen LogP contribution in [0.1, 0.15) is 39.0 Å². The number of nitrogens with zero attached hydrogens (tertiary/aromatic N) is 1. The molecule has 0 saturated carbocycles. The highest BCUT2D eigenvalue weighted by Gasteiger charge is 2.12. The molecule has 0 spiro atoms. The van der Waals surface area contributed by atoms with Crippen LogP contribution < -0.4 is 5.32 Å². The molecule has 1 heterocycles. The Morgan fingerprint density at radius 3 is 2.93 bits per heavy atom. The largest absolute Gasteiger partial charge is 0.316 e. The third-order valence-electron chi connectivity index (χ3n) is 3.07. The molecule has 1 atom stereocenters. The van der Waals surface area contributed by atoms with E-state index in [2.05, 4.69) is 24.2 Å². The van der Waals surface area contributed by atoms with Crippen molar-refractivity contribution in [1.29, 1.82) is 0 Å². The van der Waals surface area contributed by atoms with Gasteiger partial charge < -0.3 is 10.2 Å². The molecule has 0 bridgehead atoms. The fraction of sp³-hybridized carbons (Fsp3) is 1.00. The molecule has 1 fully saturated rings. The van der Waals surface area contributed by atoms with Gasteiger partial charge in [-0.25, -0.2) is 0 Å². The Labute approximate surface area is 89.1 Å². The molecule has 2 heteroatoms. The van der Waals surface area contributed by atoms with Crippen LogP contribution in [0.4, 0.5) is 0 Å². The van der Waals surface area contributed by atoms with Gasteiger partial charge in [0.25, 0.3) is 0 Å². The van der Waals surface area contributed by atoms with Gasteiger partial charge in [0.15, 0.2) is 0 Å². The lowest BCUT2D eigenvalue weighted by molar-refractivity contribution is 0.252. The van der Waals surface area contributed by atoms with Crippen LogP contribution in [0, 0.1) is 5.92 Å². The van der Waals surface area contributed by atoms with Crippen LogP contribution in [0.25, 0.3) is 0 Å². The van der Waals surface area contributed by atoms with E-state index < -0.39 is 0 Å². The molecule has 0 aromatic rings. The lowest BCUT2D eigenvalue weighted by Gasteiger charge is -2.25. The summed E-state index contributed by atoms with van der Waals surface area (Å²) >= 11 is 0. The summed E-state index contributed by atoms with van der Waals surface area (Å²) in [4.78, 5) is 2.48. The fourth-order valence-corrected chi connectivity index (χ4v) is 2.34. The molecule has 1 aliphatic rings. The van der Waals surface area contributed by atoms with Crippen molar-refractivity contribution in [3.63, 3.8) is 0 Å². The summed E-state index contributed by atoms with van der Waals surface area (Å²) in [5, 5.41) is 3.56. The highest BCUT2D eigenvalue weighted by Crippen LogP contribution is 2.13. The monoisotopic (exact) mass is 198 g/mol. The molecular formula is C12H26N2. The van der Waals surface area contributed by atoms with Crippen molar-refractivity contribution >= 4 is 0 Å². The highest BCUT2D eigenvalue weighted by atomic mass is 15.1. The van der Waals surface area contributed by atoms with Gasteiger partial charge in [0.1, 0.15) is 0 Å². The fourth-order valence-electron chi connectivity index (χ4n) is 2.34. The molecule has 1 saturated heterocycles. The number of rotatable bonds is 4. The van der Waals surface area contributed by atoms with E-state index >= 15 is 0 Å². The summed E-state index contributed by atoms with van der Waals surface area (Å²) in [5.41, 5.74) is 0. The second-order valence-electron chi connectivity index (χ2n) is 4.68. The second kappa shape index (κ2) is 7.24. The van der Waals surface area contributed by atoms with Gasteiger partial charge in [0, 0.05) is 6.54 Å². The minimum Gasteiger partial charge on any atom is -0.316 e. The van der Waals surface area contributed by atoms with Gasteiger partial charge in [0.05, 0.1) is 0 Å². The minimum atomic E-state index is 0.881. The maximum Gasteiger partial charge on any atom is 0.00187 e. The highest BCUT2D eigenvalue weighted by molar-refractivity contribution is 4.69. The summed E-state index contributed by atoms with van der Waals surface area (Å²) < 4.78 is 0. The molecule has 84 valence electrons. The predicted molar refractivity (Wildman–Crippen MR) is 62.6 cm³/mol. The molecule has 1 aliphatic heterocycles. The first-order valence-electron chi connectivity index (χ1n) is 6.22. The Bertz CT molecular complexity index is 128. The minimum absolute atomic E-state index is 0.881. The van der Waals surface area contributed by atoms with Crippen molar-refractivity contribution in [2.24, 2.45) is 5.92 Å². The SMILES string of the molecule is CCCN(C)CC1CCCCCNC1. The molecule has 0 aromatic heterocycles. The van der Waals surface area contributed by atoms with Crippen molar-refractivity contribution in [1.82, 2.24) is 10.2 Å². The Kier molecular flexibility index (Phi) is 6.20. The van der Waals surface area contributed by atoms with E-state index in [0.717, 1.165) is 5.92 Å². The average molecular weight is 198 g/mol. The van der Waals surface area contributed by atoms with Crippen LogP contribution >= 0.6 is 0 Å². The molecular weight excluding hydrogens is 172 g/mol. The Balaban J connectivity index is 2.19. The van der Waals surface area contributed by atoms with E-state index in [4.69, 9.17) is 0 Å². The molecule has 0 radical (unpaired) electrons. The van der Waals surface area contributed by atoms with E-state index in [9.17, 15) is 0 Å². The third kappa shape index (κ3) is 4.97. The van der Waals surface area contributed by atoms with Crippen LogP contribution in [0.2, 0.25) is 0 Å². The van der Waals surface area contributed by atoms with Crippen molar-refractivity contribution in [2.75, 3.05) is 33.2 Å². The maximum absolute atomic E-state index is 3.56. The normalized spacial score (nSPS) is 24.6. The molecule has 2 nitrogen and oxygen atoms in total. The Morgan fingerprint density at radius 1 is 1.29 bits per heavy atom. The van der Waals surface area contributed by atoms with E-state index in [0.29, 0.717) is 0 Å². The number of hydrogen-bond acceptors (Lipinski definition) is 2. The quantitative estimate of drug-likeness (QED) is 0.744. The third-order valence-corrected chi connectivity index (χ3v) is 3.07. The van der Waals surface area contributed by atoms with E-state index in [1.807, 2.05) is 0 Å². The van der Waals surface area contributed by atoms with E-state index in [1.165, 1.54) is 58.3 Å². The topological polar surface area (TPSA) is 15.3 Å². The molecule has 1 N–H and O–H groups in total. The van der Waals surface area contributed by atoms with Gasteiger partial charge in [-0.15, -0.1) is 0 Å². The van der Waals surface area contributed by atoms with Crippen LogP contribution in [-0.2, 0) is 0 Å². The number of nitrogens with one attached hydrogen (secondary N) is 1. The lowest BCUT2D eigenvalue weighted by Crippen LogP contribution is -2.34. The predicted octanol–water partition coefficient (Wildman–Crippen LogP) is 2.11. The van der Waals surface area contributed by atoms with Gasteiger partial charge >= 0.3 is 0 Å². The smallest absolute Gasteiger partial charge is 0.00187 e. The van der Waals surface area contributed by atoms with Crippen molar-refractivity contribution in [3.05, 3.63) is 0 Å². The molecule has 0 aliphatic carbocycles. The molecule has 14 heavy (non-hydrogen) atoms. The molecule has 1 rings (SSSR count). The van der Waals surface area contributed by atoms with Gasteiger partial charge in [-0.1, -0.05) is 19.8 Å². The summed E-state index contributed by atoms with van der Waals surface area (Å²) in [6.07, 6.45) is 6.92. The van der Waals surface area contributed by atoms with E-state index in [1.54, 1.807) is 0 Å². The average Bonchev–Trinajstić information content (AvgIpc) is 2.10. The Morgan fingerprint density at radius 2 is 2.14 bits per heavy atom. The zero-order valence-corrected chi connectivity index (χ0v) is 9.89. The van der Waals surface area contributed by atoms with Gasteiger partial charge in [-0.05, 0) is 51.9 Å². The van der Waals surface area contributed by atoms with Crippen LogP contribution in [0.5, 0.6) is 0 Å². The van der Waals surface area contributed by atoms with Gasteiger partial charge in [-0.2, -0.15) is 0 Å². The summed E-state index contributed by atoms with van der Waals surface area (Å²) in [7, 11) is 2.25. The zero-order chi connectivity index (χ0) is 10.2. The summed E-state index contributed by atoms with van der Waals surface area (Å²) in [6.45, 7) is 7.24. The van der Waals surface area contributed by atoms with Crippen LogP contribution in [0.3, 0.4) is 0 Å². The van der Waals surface area contributed by atoms with Gasteiger partial charge in [0.2, 0.25) is 0 Å². The second-order valence-corrected chi connectivity index (χ2v) is 4.68. The molecule has 1 unspecified atom stereocenters. The Hall–Kier alpha value is -0.0800. The van der Waals surface area contributed by atoms with Crippen molar-refractivity contribution in [3.8, 4) is 0 Å². The molecule has 0 amide bonds. The maximum atomic E-state index is 3.56. The van der Waals surface area contributed by atoms with Crippen molar-refractivity contribution < 1.29 is 0 Å².